The third kappa shape index (κ3) is 2.19. The van der Waals surface area contributed by atoms with Gasteiger partial charge in [-0.05, 0) is 12.1 Å². The molecule has 2 rings (SSSR count). The highest BCUT2D eigenvalue weighted by Gasteiger charge is 2.09. The molecule has 2 aromatic rings. The molecule has 0 bridgehead atoms. The van der Waals surface area contributed by atoms with E-state index in [0.29, 0.717) is 15.0 Å². The number of benzene rings is 1. The SMILES string of the molecule is CC(=O)OCc1cc2c(F)cc(F)cc2s1. The van der Waals surface area contributed by atoms with Crippen molar-refractivity contribution in [1.29, 1.82) is 0 Å². The molecular formula is C11H8F2O2S. The van der Waals surface area contributed by atoms with Crippen molar-refractivity contribution < 1.29 is 18.3 Å². The highest BCUT2D eigenvalue weighted by atomic mass is 32.1. The number of hydrogen-bond acceptors (Lipinski definition) is 3. The molecule has 1 aromatic carbocycles. The molecule has 0 saturated carbocycles. The Hall–Kier alpha value is -1.49. The molecule has 1 heterocycles. The zero-order valence-corrected chi connectivity index (χ0v) is 9.24. The molecule has 0 spiro atoms. The van der Waals surface area contributed by atoms with Crippen LogP contribution in [0.3, 0.4) is 0 Å². The van der Waals surface area contributed by atoms with Crippen LogP contribution < -0.4 is 0 Å². The van der Waals surface area contributed by atoms with Crippen LogP contribution in [0.4, 0.5) is 8.78 Å². The highest BCUT2D eigenvalue weighted by molar-refractivity contribution is 7.19. The second kappa shape index (κ2) is 4.17. The summed E-state index contributed by atoms with van der Waals surface area (Å²) in [6.45, 7) is 1.39. The first kappa shape index (κ1) is 11.0. The molecule has 0 N–H and O–H groups in total. The number of halogens is 2. The van der Waals surface area contributed by atoms with E-state index in [-0.39, 0.29) is 6.61 Å². The Labute approximate surface area is 94.5 Å². The van der Waals surface area contributed by atoms with Crippen molar-refractivity contribution in [2.75, 3.05) is 0 Å². The van der Waals surface area contributed by atoms with Gasteiger partial charge in [-0.25, -0.2) is 8.78 Å². The number of carbonyl (C=O) groups excluding carboxylic acids is 1. The van der Waals surface area contributed by atoms with Gasteiger partial charge in [0, 0.05) is 28.0 Å². The van der Waals surface area contributed by atoms with Crippen LogP contribution in [0.1, 0.15) is 11.8 Å². The minimum Gasteiger partial charge on any atom is -0.460 e. The molecule has 0 radical (unpaired) electrons. The largest absolute Gasteiger partial charge is 0.460 e. The van der Waals surface area contributed by atoms with Crippen molar-refractivity contribution in [1.82, 2.24) is 0 Å². The first-order valence-electron chi connectivity index (χ1n) is 4.57. The number of carbonyl (C=O) groups is 1. The van der Waals surface area contributed by atoms with Gasteiger partial charge < -0.3 is 4.74 Å². The summed E-state index contributed by atoms with van der Waals surface area (Å²) in [5.74, 6) is -1.60. The van der Waals surface area contributed by atoms with Crippen LogP contribution in [0, 0.1) is 11.6 Å². The summed E-state index contributed by atoms with van der Waals surface area (Å²) in [4.78, 5) is 11.3. The van der Waals surface area contributed by atoms with Crippen molar-refractivity contribution in [3.63, 3.8) is 0 Å². The lowest BCUT2D eigenvalue weighted by atomic mass is 10.2. The van der Waals surface area contributed by atoms with E-state index in [9.17, 15) is 13.6 Å². The molecule has 0 amide bonds. The van der Waals surface area contributed by atoms with Gasteiger partial charge in [0.05, 0.1) is 0 Å². The van der Waals surface area contributed by atoms with Gasteiger partial charge in [-0.2, -0.15) is 0 Å². The van der Waals surface area contributed by atoms with E-state index in [1.165, 1.54) is 24.3 Å². The number of rotatable bonds is 2. The molecule has 0 unspecified atom stereocenters. The summed E-state index contributed by atoms with van der Waals surface area (Å²) in [6.07, 6.45) is 0. The Morgan fingerprint density at radius 1 is 1.38 bits per heavy atom. The van der Waals surface area contributed by atoms with E-state index in [0.717, 1.165) is 6.07 Å². The van der Waals surface area contributed by atoms with Gasteiger partial charge in [0.25, 0.3) is 0 Å². The number of thiophene rings is 1. The normalized spacial score (nSPS) is 10.7. The Balaban J connectivity index is 2.36. The Kier molecular flexibility index (Phi) is 2.87. The zero-order chi connectivity index (χ0) is 11.7. The fraction of sp³-hybridized carbons (Fsp3) is 0.182. The molecule has 2 nitrogen and oxygen atoms in total. The lowest BCUT2D eigenvalue weighted by molar-refractivity contribution is -0.142. The summed E-state index contributed by atoms with van der Waals surface area (Å²) >= 11 is 1.21. The van der Waals surface area contributed by atoms with Crippen molar-refractivity contribution in [3.8, 4) is 0 Å². The van der Waals surface area contributed by atoms with Gasteiger partial charge in [0.15, 0.2) is 0 Å². The Morgan fingerprint density at radius 2 is 2.12 bits per heavy atom. The molecule has 1 aromatic heterocycles. The van der Waals surface area contributed by atoms with Crippen LogP contribution in [0.25, 0.3) is 10.1 Å². The smallest absolute Gasteiger partial charge is 0.302 e. The summed E-state index contributed by atoms with van der Waals surface area (Å²) < 4.78 is 31.5. The predicted octanol–water partition coefficient (Wildman–Crippen LogP) is 3.24. The van der Waals surface area contributed by atoms with Crippen LogP contribution in [0.2, 0.25) is 0 Å². The van der Waals surface area contributed by atoms with Crippen molar-refractivity contribution in [2.45, 2.75) is 13.5 Å². The molecule has 0 aliphatic carbocycles. The van der Waals surface area contributed by atoms with Crippen molar-refractivity contribution in [3.05, 3.63) is 34.7 Å². The van der Waals surface area contributed by atoms with E-state index in [4.69, 9.17) is 4.74 Å². The maximum absolute atomic E-state index is 13.3. The molecular weight excluding hydrogens is 234 g/mol. The molecule has 0 atom stereocenters. The fourth-order valence-electron chi connectivity index (χ4n) is 1.36. The van der Waals surface area contributed by atoms with E-state index >= 15 is 0 Å². The second-order valence-corrected chi connectivity index (χ2v) is 4.46. The predicted molar refractivity (Wildman–Crippen MR) is 57.2 cm³/mol. The fourth-order valence-corrected chi connectivity index (χ4v) is 2.38. The van der Waals surface area contributed by atoms with Crippen LogP contribution in [0.15, 0.2) is 18.2 Å². The molecule has 0 aliphatic heterocycles. The third-order valence-electron chi connectivity index (χ3n) is 2.02. The van der Waals surface area contributed by atoms with Crippen molar-refractivity contribution in [2.24, 2.45) is 0 Å². The van der Waals surface area contributed by atoms with Gasteiger partial charge in [-0.3, -0.25) is 4.79 Å². The number of fused-ring (bicyclic) bond motifs is 1. The number of ether oxygens (including phenoxy) is 1. The van der Waals surface area contributed by atoms with E-state index < -0.39 is 17.6 Å². The topological polar surface area (TPSA) is 26.3 Å². The highest BCUT2D eigenvalue weighted by Crippen LogP contribution is 2.29. The summed E-state index contributed by atoms with van der Waals surface area (Å²) in [5.41, 5.74) is 0. The van der Waals surface area contributed by atoms with E-state index in [2.05, 4.69) is 0 Å². The second-order valence-electron chi connectivity index (χ2n) is 3.29. The number of hydrogen-bond donors (Lipinski definition) is 0. The minimum absolute atomic E-state index is 0.0930. The lowest BCUT2D eigenvalue weighted by Gasteiger charge is -1.96. The third-order valence-corrected chi connectivity index (χ3v) is 3.08. The van der Waals surface area contributed by atoms with Crippen LogP contribution >= 0.6 is 11.3 Å². The molecule has 5 heteroatoms. The molecule has 84 valence electrons. The zero-order valence-electron chi connectivity index (χ0n) is 8.42. The summed E-state index contributed by atoms with van der Waals surface area (Å²) in [5, 5.41) is 0.355. The van der Waals surface area contributed by atoms with Gasteiger partial charge in [-0.1, -0.05) is 0 Å². The first-order valence-corrected chi connectivity index (χ1v) is 5.39. The summed E-state index contributed by atoms with van der Waals surface area (Å²) in [7, 11) is 0. The molecule has 16 heavy (non-hydrogen) atoms. The maximum Gasteiger partial charge on any atom is 0.302 e. The van der Waals surface area contributed by atoms with Crippen molar-refractivity contribution >= 4 is 27.4 Å². The maximum atomic E-state index is 13.3. The summed E-state index contributed by atoms with van der Waals surface area (Å²) in [6, 6.07) is 3.67. The van der Waals surface area contributed by atoms with Gasteiger partial charge in [0.1, 0.15) is 18.2 Å². The monoisotopic (exact) mass is 242 g/mol. The average Bonchev–Trinajstić information content (AvgIpc) is 2.57. The number of esters is 1. The minimum atomic E-state index is -0.606. The van der Waals surface area contributed by atoms with E-state index in [1.54, 1.807) is 6.07 Å². The first-order chi connectivity index (χ1) is 7.56. The van der Waals surface area contributed by atoms with Gasteiger partial charge in [-0.15, -0.1) is 11.3 Å². The molecule has 0 saturated heterocycles. The molecule has 0 fully saturated rings. The van der Waals surface area contributed by atoms with Crippen LogP contribution in [-0.4, -0.2) is 5.97 Å². The quantitative estimate of drug-likeness (QED) is 0.756. The average molecular weight is 242 g/mol. The van der Waals surface area contributed by atoms with Gasteiger partial charge in [0.2, 0.25) is 0 Å². The van der Waals surface area contributed by atoms with Crippen LogP contribution in [-0.2, 0) is 16.1 Å². The Morgan fingerprint density at radius 3 is 2.81 bits per heavy atom. The standard InChI is InChI=1S/C11H8F2O2S/c1-6(14)15-5-8-4-9-10(13)2-7(12)3-11(9)16-8/h2-4H,5H2,1H3. The lowest BCUT2D eigenvalue weighted by Crippen LogP contribution is -1.96. The van der Waals surface area contributed by atoms with E-state index in [1.807, 2.05) is 0 Å². The Bertz CT molecular complexity index is 548. The van der Waals surface area contributed by atoms with Crippen LogP contribution in [0.5, 0.6) is 0 Å². The van der Waals surface area contributed by atoms with Gasteiger partial charge >= 0.3 is 5.97 Å². The molecule has 0 aliphatic rings.